The topological polar surface area (TPSA) is 76.4 Å². The molecule has 7 heteroatoms. The van der Waals surface area contributed by atoms with Crippen molar-refractivity contribution >= 4 is 5.96 Å². The third-order valence-electron chi connectivity index (χ3n) is 5.21. The van der Waals surface area contributed by atoms with Crippen LogP contribution in [-0.4, -0.2) is 40.9 Å². The number of aryl methyl sites for hydroxylation is 1. The molecule has 3 rings (SSSR count). The lowest BCUT2D eigenvalue weighted by molar-refractivity contribution is 0.414. The lowest BCUT2D eigenvalue weighted by atomic mass is 9.98. The molecule has 2 heterocycles. The summed E-state index contributed by atoms with van der Waals surface area (Å²) in [6.45, 7) is 7.58. The maximum absolute atomic E-state index is 5.23. The second-order valence-electron chi connectivity index (χ2n) is 7.23. The number of rotatable bonds is 8. The quantitative estimate of drug-likeness (QED) is 0.541. The van der Waals surface area contributed by atoms with Gasteiger partial charge in [-0.1, -0.05) is 19.1 Å². The summed E-state index contributed by atoms with van der Waals surface area (Å²) in [4.78, 5) is 4.71. The molecule has 28 heavy (non-hydrogen) atoms. The summed E-state index contributed by atoms with van der Waals surface area (Å²) in [6, 6.07) is 8.31. The molecular formula is C21H32N6O. The van der Waals surface area contributed by atoms with Gasteiger partial charge < -0.3 is 19.9 Å². The molecule has 2 N–H and O–H groups in total. The summed E-state index contributed by atoms with van der Waals surface area (Å²) < 4.78 is 7.46. The van der Waals surface area contributed by atoms with Crippen LogP contribution in [0.15, 0.2) is 29.3 Å². The second kappa shape index (κ2) is 10.1. The van der Waals surface area contributed by atoms with Gasteiger partial charge in [-0.15, -0.1) is 10.2 Å². The Morgan fingerprint density at radius 3 is 2.79 bits per heavy atom. The number of guanidine groups is 1. The summed E-state index contributed by atoms with van der Waals surface area (Å²) in [5.74, 6) is 4.25. The molecule has 0 amide bonds. The van der Waals surface area contributed by atoms with Gasteiger partial charge in [0.2, 0.25) is 0 Å². The monoisotopic (exact) mass is 384 g/mol. The number of nitrogens with one attached hydrogen (secondary N) is 2. The molecule has 7 nitrogen and oxygen atoms in total. The van der Waals surface area contributed by atoms with Crippen LogP contribution in [0.25, 0.3) is 0 Å². The van der Waals surface area contributed by atoms with Crippen molar-refractivity contribution in [2.45, 2.75) is 58.5 Å². The van der Waals surface area contributed by atoms with Gasteiger partial charge in [-0.2, -0.15) is 0 Å². The minimum Gasteiger partial charge on any atom is -0.497 e. The minimum atomic E-state index is 0.463. The number of hydrogen-bond acceptors (Lipinski definition) is 4. The van der Waals surface area contributed by atoms with Gasteiger partial charge >= 0.3 is 0 Å². The zero-order valence-electron chi connectivity index (χ0n) is 17.2. The first-order valence-corrected chi connectivity index (χ1v) is 10.3. The van der Waals surface area contributed by atoms with E-state index in [1.165, 1.54) is 18.4 Å². The largest absolute Gasteiger partial charge is 0.497 e. The van der Waals surface area contributed by atoms with E-state index in [1.807, 2.05) is 12.1 Å². The predicted molar refractivity (Wildman–Crippen MR) is 112 cm³/mol. The molecule has 1 aromatic heterocycles. The molecule has 0 spiro atoms. The van der Waals surface area contributed by atoms with E-state index in [0.717, 1.165) is 55.8 Å². The van der Waals surface area contributed by atoms with E-state index >= 15 is 0 Å². The minimum absolute atomic E-state index is 0.463. The highest BCUT2D eigenvalue weighted by atomic mass is 16.5. The van der Waals surface area contributed by atoms with Gasteiger partial charge in [-0.3, -0.25) is 0 Å². The van der Waals surface area contributed by atoms with Crippen molar-refractivity contribution in [1.82, 2.24) is 25.4 Å². The number of methoxy groups -OCH3 is 1. The van der Waals surface area contributed by atoms with Crippen LogP contribution in [-0.2, 0) is 19.5 Å². The number of ether oxygens (including phenoxy) is 1. The van der Waals surface area contributed by atoms with Crippen molar-refractivity contribution in [3.8, 4) is 5.75 Å². The Kier molecular flexibility index (Phi) is 7.28. The highest BCUT2D eigenvalue weighted by molar-refractivity contribution is 5.79. The van der Waals surface area contributed by atoms with Gasteiger partial charge in [-0.25, -0.2) is 4.99 Å². The van der Waals surface area contributed by atoms with Crippen molar-refractivity contribution in [3.05, 3.63) is 41.5 Å². The van der Waals surface area contributed by atoms with Crippen LogP contribution in [0.5, 0.6) is 5.75 Å². The maximum atomic E-state index is 5.23. The molecule has 1 aliphatic heterocycles. The molecule has 2 aromatic rings. The van der Waals surface area contributed by atoms with E-state index in [9.17, 15) is 0 Å². The van der Waals surface area contributed by atoms with Gasteiger partial charge in [0.25, 0.3) is 0 Å². The highest BCUT2D eigenvalue weighted by Gasteiger charge is 2.15. The lowest BCUT2D eigenvalue weighted by Crippen LogP contribution is -2.38. The van der Waals surface area contributed by atoms with E-state index in [-0.39, 0.29) is 0 Å². The summed E-state index contributed by atoms with van der Waals surface area (Å²) in [5, 5.41) is 15.4. The van der Waals surface area contributed by atoms with Gasteiger partial charge in [-0.05, 0) is 49.8 Å². The average molecular weight is 385 g/mol. The number of aliphatic imine (C=N–C) groups is 1. The molecule has 0 aliphatic carbocycles. The predicted octanol–water partition coefficient (Wildman–Crippen LogP) is 2.87. The highest BCUT2D eigenvalue weighted by Crippen LogP contribution is 2.21. The number of benzene rings is 1. The van der Waals surface area contributed by atoms with Crippen LogP contribution in [0.2, 0.25) is 0 Å². The van der Waals surface area contributed by atoms with Crippen LogP contribution < -0.4 is 15.4 Å². The summed E-state index contributed by atoms with van der Waals surface area (Å²) in [7, 11) is 1.69. The van der Waals surface area contributed by atoms with Gasteiger partial charge in [0, 0.05) is 26.1 Å². The molecule has 0 bridgehead atoms. The molecule has 1 aliphatic rings. The first kappa shape index (κ1) is 20.2. The van der Waals surface area contributed by atoms with Crippen molar-refractivity contribution < 1.29 is 4.74 Å². The second-order valence-corrected chi connectivity index (χ2v) is 7.23. The number of nitrogens with zero attached hydrogens (tertiary/aromatic N) is 4. The van der Waals surface area contributed by atoms with Gasteiger partial charge in [0.15, 0.2) is 11.8 Å². The third-order valence-corrected chi connectivity index (χ3v) is 5.21. The molecule has 0 radical (unpaired) electrons. The molecule has 152 valence electrons. The Bertz CT molecular complexity index is 768. The van der Waals surface area contributed by atoms with E-state index in [2.05, 4.69) is 51.4 Å². The van der Waals surface area contributed by atoms with E-state index in [1.54, 1.807) is 7.11 Å². The fraction of sp³-hybridized carbons (Fsp3) is 0.571. The van der Waals surface area contributed by atoms with Crippen molar-refractivity contribution in [2.24, 2.45) is 4.99 Å². The Balaban J connectivity index is 1.52. The summed E-state index contributed by atoms with van der Waals surface area (Å²) >= 11 is 0. The van der Waals surface area contributed by atoms with Crippen LogP contribution >= 0.6 is 0 Å². The lowest BCUT2D eigenvalue weighted by Gasteiger charge is -2.16. The summed E-state index contributed by atoms with van der Waals surface area (Å²) in [6.07, 6.45) is 4.46. The molecular weight excluding hydrogens is 352 g/mol. The van der Waals surface area contributed by atoms with Gasteiger partial charge in [0.05, 0.1) is 7.11 Å². The van der Waals surface area contributed by atoms with Crippen LogP contribution in [0, 0.1) is 0 Å². The number of fused-ring (bicyclic) bond motifs is 1. The molecule has 0 fully saturated rings. The van der Waals surface area contributed by atoms with Crippen LogP contribution in [0.3, 0.4) is 0 Å². The van der Waals surface area contributed by atoms with Crippen molar-refractivity contribution in [2.75, 3.05) is 20.2 Å². The average Bonchev–Trinajstić information content (AvgIpc) is 3.15. The van der Waals surface area contributed by atoms with Crippen molar-refractivity contribution in [3.63, 3.8) is 0 Å². The Morgan fingerprint density at radius 2 is 2.04 bits per heavy atom. The molecule has 0 saturated carbocycles. The first-order valence-electron chi connectivity index (χ1n) is 10.3. The van der Waals surface area contributed by atoms with Gasteiger partial charge in [0.1, 0.15) is 18.1 Å². The SMILES string of the molecule is CCNC(=NCc1nnc2n1CCCC2)NCCC(C)c1ccc(OC)cc1. The van der Waals surface area contributed by atoms with Crippen LogP contribution in [0.4, 0.5) is 0 Å². The normalized spacial score (nSPS) is 15.0. The van der Waals surface area contributed by atoms with E-state index < -0.39 is 0 Å². The Hall–Kier alpha value is -2.57. The number of aromatic nitrogens is 3. The number of hydrogen-bond donors (Lipinski definition) is 2. The molecule has 1 aromatic carbocycles. The Morgan fingerprint density at radius 1 is 1.21 bits per heavy atom. The molecule has 0 saturated heterocycles. The van der Waals surface area contributed by atoms with E-state index in [4.69, 9.17) is 9.73 Å². The van der Waals surface area contributed by atoms with Crippen LogP contribution in [0.1, 0.15) is 56.2 Å². The maximum Gasteiger partial charge on any atom is 0.191 e. The fourth-order valence-corrected chi connectivity index (χ4v) is 3.48. The molecule has 1 atom stereocenters. The zero-order valence-corrected chi connectivity index (χ0v) is 17.2. The van der Waals surface area contributed by atoms with Crippen molar-refractivity contribution in [1.29, 1.82) is 0 Å². The fourth-order valence-electron chi connectivity index (χ4n) is 3.48. The Labute approximate surface area is 167 Å². The standard InChI is InChI=1S/C21H32N6O/c1-4-22-21(24-15-20-26-25-19-7-5-6-14-27(19)20)23-13-12-16(2)17-8-10-18(28-3)11-9-17/h8-11,16H,4-7,12-15H2,1-3H3,(H2,22,23,24). The summed E-state index contributed by atoms with van der Waals surface area (Å²) in [5.41, 5.74) is 1.32. The van der Waals surface area contributed by atoms with E-state index in [0.29, 0.717) is 12.5 Å². The first-order chi connectivity index (χ1) is 13.7. The molecule has 1 unspecified atom stereocenters. The third kappa shape index (κ3) is 5.24. The smallest absolute Gasteiger partial charge is 0.191 e. The zero-order chi connectivity index (χ0) is 19.8.